The molecule has 1 aromatic heterocycles. The van der Waals surface area contributed by atoms with E-state index in [1.54, 1.807) is 0 Å². The molecule has 0 saturated heterocycles. The minimum absolute atomic E-state index is 0.263. The van der Waals surface area contributed by atoms with Gasteiger partial charge >= 0.3 is 12.1 Å². The standard InChI is InChI=1S/C12H10N4O2/c17-11-14-10-4-2-1-3-9(10)7-16(11)12(18)15-6-5-13-8-15/h1-6,8H,7H2,(H,14,17). The first-order chi connectivity index (χ1) is 8.75. The van der Waals surface area contributed by atoms with Gasteiger partial charge in [0.15, 0.2) is 0 Å². The van der Waals surface area contributed by atoms with Crippen molar-refractivity contribution in [1.29, 1.82) is 0 Å². The van der Waals surface area contributed by atoms with Crippen molar-refractivity contribution >= 4 is 17.7 Å². The molecule has 18 heavy (non-hydrogen) atoms. The van der Waals surface area contributed by atoms with E-state index in [1.807, 2.05) is 24.3 Å². The van der Waals surface area contributed by atoms with Gasteiger partial charge in [-0.15, -0.1) is 0 Å². The van der Waals surface area contributed by atoms with Crippen LogP contribution in [0, 0.1) is 0 Å². The molecule has 1 aliphatic heterocycles. The molecule has 1 aromatic carbocycles. The fourth-order valence-corrected chi connectivity index (χ4v) is 1.87. The Kier molecular flexibility index (Phi) is 2.33. The Labute approximate surface area is 103 Å². The smallest absolute Gasteiger partial charge is 0.307 e. The third kappa shape index (κ3) is 1.64. The molecule has 0 bridgehead atoms. The van der Waals surface area contributed by atoms with Gasteiger partial charge in [-0.1, -0.05) is 18.2 Å². The molecular weight excluding hydrogens is 232 g/mol. The third-order valence-corrected chi connectivity index (χ3v) is 2.79. The molecule has 0 aliphatic carbocycles. The quantitative estimate of drug-likeness (QED) is 0.767. The molecule has 0 radical (unpaired) electrons. The van der Waals surface area contributed by atoms with Crippen LogP contribution in [0.15, 0.2) is 43.0 Å². The summed E-state index contributed by atoms with van der Waals surface area (Å²) in [5.41, 5.74) is 1.66. The lowest BCUT2D eigenvalue weighted by Crippen LogP contribution is -2.44. The number of anilines is 1. The number of para-hydroxylation sites is 1. The molecule has 0 atom stereocenters. The van der Waals surface area contributed by atoms with Crippen LogP contribution in [0.2, 0.25) is 0 Å². The van der Waals surface area contributed by atoms with Gasteiger partial charge in [0.2, 0.25) is 0 Å². The molecule has 3 rings (SSSR count). The second-order valence-electron chi connectivity index (χ2n) is 3.93. The topological polar surface area (TPSA) is 67.2 Å². The summed E-state index contributed by atoms with van der Waals surface area (Å²) in [4.78, 5) is 28.9. The molecule has 0 saturated carbocycles. The summed E-state index contributed by atoms with van der Waals surface area (Å²) in [6, 6.07) is 6.56. The van der Waals surface area contributed by atoms with E-state index in [1.165, 1.54) is 23.3 Å². The number of fused-ring (bicyclic) bond motifs is 1. The van der Waals surface area contributed by atoms with Crippen molar-refractivity contribution in [3.8, 4) is 0 Å². The Morgan fingerprint density at radius 3 is 2.94 bits per heavy atom. The lowest BCUT2D eigenvalue weighted by Gasteiger charge is -2.27. The average Bonchev–Trinajstić information content (AvgIpc) is 2.91. The third-order valence-electron chi connectivity index (χ3n) is 2.79. The zero-order valence-corrected chi connectivity index (χ0v) is 9.41. The normalized spacial score (nSPS) is 14.0. The van der Waals surface area contributed by atoms with Gasteiger partial charge in [-0.25, -0.2) is 19.5 Å². The van der Waals surface area contributed by atoms with Crippen LogP contribution < -0.4 is 5.32 Å². The fourth-order valence-electron chi connectivity index (χ4n) is 1.87. The summed E-state index contributed by atoms with van der Waals surface area (Å²) < 4.78 is 1.27. The number of imidazole rings is 1. The summed E-state index contributed by atoms with van der Waals surface area (Å²) >= 11 is 0. The zero-order valence-electron chi connectivity index (χ0n) is 9.41. The van der Waals surface area contributed by atoms with Crippen molar-refractivity contribution in [2.24, 2.45) is 0 Å². The van der Waals surface area contributed by atoms with Crippen molar-refractivity contribution in [3.05, 3.63) is 48.5 Å². The number of urea groups is 1. The Bertz CT molecular complexity index is 606. The van der Waals surface area contributed by atoms with Crippen molar-refractivity contribution in [2.45, 2.75) is 6.54 Å². The summed E-state index contributed by atoms with van der Waals surface area (Å²) in [6.07, 6.45) is 4.37. The Morgan fingerprint density at radius 2 is 2.17 bits per heavy atom. The summed E-state index contributed by atoms with van der Waals surface area (Å²) in [5.74, 6) is 0. The first-order valence-corrected chi connectivity index (χ1v) is 5.44. The average molecular weight is 242 g/mol. The minimum atomic E-state index is -0.424. The van der Waals surface area contributed by atoms with Crippen LogP contribution in [0.3, 0.4) is 0 Å². The van der Waals surface area contributed by atoms with Crippen LogP contribution in [0.25, 0.3) is 0 Å². The number of nitrogens with zero attached hydrogens (tertiary/aromatic N) is 3. The SMILES string of the molecule is O=C1Nc2ccccc2CN1C(=O)n1ccnc1. The summed E-state index contributed by atoms with van der Waals surface area (Å²) in [5, 5.41) is 2.69. The number of aromatic nitrogens is 2. The van der Waals surface area contributed by atoms with Gasteiger partial charge in [0.1, 0.15) is 6.33 Å². The number of hydrogen-bond donors (Lipinski definition) is 1. The van der Waals surface area contributed by atoms with E-state index < -0.39 is 12.1 Å². The Morgan fingerprint density at radius 1 is 1.33 bits per heavy atom. The highest BCUT2D eigenvalue weighted by atomic mass is 16.2. The molecule has 90 valence electrons. The maximum atomic E-state index is 12.1. The number of carbonyl (C=O) groups is 2. The van der Waals surface area contributed by atoms with E-state index >= 15 is 0 Å². The number of hydrogen-bond acceptors (Lipinski definition) is 3. The fraction of sp³-hybridized carbons (Fsp3) is 0.0833. The zero-order chi connectivity index (χ0) is 12.5. The van der Waals surface area contributed by atoms with Crippen LogP contribution in [0.5, 0.6) is 0 Å². The van der Waals surface area contributed by atoms with E-state index in [0.29, 0.717) is 0 Å². The Balaban J connectivity index is 1.92. The van der Waals surface area contributed by atoms with Gasteiger partial charge in [-0.2, -0.15) is 0 Å². The van der Waals surface area contributed by atoms with Crippen molar-refractivity contribution in [1.82, 2.24) is 14.5 Å². The predicted octanol–water partition coefficient (Wildman–Crippen LogP) is 1.90. The van der Waals surface area contributed by atoms with E-state index in [2.05, 4.69) is 10.3 Å². The van der Waals surface area contributed by atoms with Gasteiger partial charge in [0, 0.05) is 18.1 Å². The summed E-state index contributed by atoms with van der Waals surface area (Å²) in [7, 11) is 0. The van der Waals surface area contributed by atoms with Gasteiger partial charge in [0.05, 0.1) is 6.54 Å². The molecule has 6 nitrogen and oxygen atoms in total. The van der Waals surface area contributed by atoms with Crippen molar-refractivity contribution < 1.29 is 9.59 Å². The molecule has 1 aliphatic rings. The monoisotopic (exact) mass is 242 g/mol. The van der Waals surface area contributed by atoms with Crippen LogP contribution in [-0.2, 0) is 6.54 Å². The lowest BCUT2D eigenvalue weighted by molar-refractivity contribution is 0.191. The highest BCUT2D eigenvalue weighted by Crippen LogP contribution is 2.23. The van der Waals surface area contributed by atoms with E-state index in [9.17, 15) is 9.59 Å². The summed E-state index contributed by atoms with van der Waals surface area (Å²) in [6.45, 7) is 0.263. The molecule has 2 heterocycles. The predicted molar refractivity (Wildman–Crippen MR) is 64.0 cm³/mol. The highest BCUT2D eigenvalue weighted by Gasteiger charge is 2.28. The maximum Gasteiger partial charge on any atom is 0.337 e. The minimum Gasteiger partial charge on any atom is -0.307 e. The van der Waals surface area contributed by atoms with E-state index in [0.717, 1.165) is 16.2 Å². The second kappa shape index (κ2) is 3.99. The van der Waals surface area contributed by atoms with E-state index in [4.69, 9.17) is 0 Å². The van der Waals surface area contributed by atoms with Crippen LogP contribution in [-0.4, -0.2) is 26.5 Å². The number of rotatable bonds is 0. The maximum absolute atomic E-state index is 12.1. The lowest BCUT2D eigenvalue weighted by atomic mass is 10.1. The van der Waals surface area contributed by atoms with E-state index in [-0.39, 0.29) is 6.54 Å². The number of nitrogens with one attached hydrogen (secondary N) is 1. The van der Waals surface area contributed by atoms with Crippen LogP contribution in [0.4, 0.5) is 15.3 Å². The van der Waals surface area contributed by atoms with Gasteiger partial charge in [0.25, 0.3) is 0 Å². The first-order valence-electron chi connectivity index (χ1n) is 5.44. The van der Waals surface area contributed by atoms with Gasteiger partial charge in [-0.3, -0.25) is 4.57 Å². The highest BCUT2D eigenvalue weighted by molar-refractivity contribution is 6.03. The van der Waals surface area contributed by atoms with Crippen LogP contribution in [0.1, 0.15) is 5.56 Å². The molecule has 6 heteroatoms. The number of carbonyl (C=O) groups excluding carboxylic acids is 2. The number of benzene rings is 1. The molecule has 0 unspecified atom stereocenters. The molecule has 3 amide bonds. The van der Waals surface area contributed by atoms with Crippen molar-refractivity contribution in [2.75, 3.05) is 5.32 Å². The second-order valence-corrected chi connectivity index (χ2v) is 3.93. The molecule has 0 spiro atoms. The molecule has 2 aromatic rings. The van der Waals surface area contributed by atoms with Crippen LogP contribution >= 0.6 is 0 Å². The van der Waals surface area contributed by atoms with Gasteiger partial charge in [-0.05, 0) is 11.6 Å². The van der Waals surface area contributed by atoms with Gasteiger partial charge < -0.3 is 5.32 Å². The number of amides is 3. The van der Waals surface area contributed by atoms with Crippen molar-refractivity contribution in [3.63, 3.8) is 0 Å². The number of imide groups is 1. The molecule has 1 N–H and O–H groups in total. The molecule has 0 fully saturated rings. The first kappa shape index (κ1) is 10.5. The molecular formula is C12H10N4O2. The Hall–Kier alpha value is -2.63. The largest absolute Gasteiger partial charge is 0.337 e.